The lowest BCUT2D eigenvalue weighted by atomic mass is 10.1. The first-order chi connectivity index (χ1) is 6.16. The molecule has 1 heterocycles. The van der Waals surface area contributed by atoms with E-state index in [9.17, 15) is 4.79 Å². The molecule has 1 N–H and O–H groups in total. The van der Waals surface area contributed by atoms with Gasteiger partial charge in [-0.1, -0.05) is 0 Å². The van der Waals surface area contributed by atoms with Gasteiger partial charge in [0, 0.05) is 25.0 Å². The molecule has 1 aliphatic carbocycles. The lowest BCUT2D eigenvalue weighted by Gasteiger charge is -2.42. The second-order valence-electron chi connectivity index (χ2n) is 4.53. The molecule has 0 aromatic carbocycles. The zero-order valence-electron chi connectivity index (χ0n) is 8.42. The first-order valence-electron chi connectivity index (χ1n) is 5.21. The number of rotatable bonds is 3. The SMILES string of the molecule is CC(C)N1CC(NC(=O)C2CC2)C1. The van der Waals surface area contributed by atoms with Gasteiger partial charge in [-0.25, -0.2) is 0 Å². The van der Waals surface area contributed by atoms with Crippen LogP contribution in [0.4, 0.5) is 0 Å². The molecule has 3 heteroatoms. The Hall–Kier alpha value is -0.570. The molecule has 0 radical (unpaired) electrons. The van der Waals surface area contributed by atoms with Crippen LogP contribution in [-0.2, 0) is 4.79 Å². The van der Waals surface area contributed by atoms with Crippen LogP contribution in [0, 0.1) is 5.92 Å². The Balaban J connectivity index is 1.66. The minimum atomic E-state index is 0.286. The minimum Gasteiger partial charge on any atom is -0.351 e. The second kappa shape index (κ2) is 3.29. The lowest BCUT2D eigenvalue weighted by molar-refractivity contribution is -0.124. The molecular formula is C10H18N2O. The largest absolute Gasteiger partial charge is 0.351 e. The summed E-state index contributed by atoms with van der Waals surface area (Å²) < 4.78 is 0. The summed E-state index contributed by atoms with van der Waals surface area (Å²) >= 11 is 0. The third-order valence-corrected chi connectivity index (χ3v) is 2.93. The van der Waals surface area contributed by atoms with Crippen molar-refractivity contribution < 1.29 is 4.79 Å². The van der Waals surface area contributed by atoms with E-state index in [0.29, 0.717) is 18.0 Å². The summed E-state index contributed by atoms with van der Waals surface area (Å²) in [6.45, 7) is 6.46. The van der Waals surface area contributed by atoms with Crippen LogP contribution < -0.4 is 5.32 Å². The molecule has 0 unspecified atom stereocenters. The maximum atomic E-state index is 11.4. The Bertz CT molecular complexity index is 205. The van der Waals surface area contributed by atoms with Gasteiger partial charge in [-0.15, -0.1) is 0 Å². The van der Waals surface area contributed by atoms with Gasteiger partial charge in [0.1, 0.15) is 0 Å². The monoisotopic (exact) mass is 182 g/mol. The number of nitrogens with zero attached hydrogens (tertiary/aromatic N) is 1. The van der Waals surface area contributed by atoms with Crippen LogP contribution in [0.5, 0.6) is 0 Å². The fourth-order valence-electron chi connectivity index (χ4n) is 1.69. The molecule has 0 atom stereocenters. The van der Waals surface area contributed by atoms with Crippen molar-refractivity contribution in [2.24, 2.45) is 5.92 Å². The topological polar surface area (TPSA) is 32.3 Å². The van der Waals surface area contributed by atoms with E-state index >= 15 is 0 Å². The number of likely N-dealkylation sites (tertiary alicyclic amines) is 1. The Morgan fingerprint density at radius 2 is 2.00 bits per heavy atom. The first kappa shape index (κ1) is 9.00. The highest BCUT2D eigenvalue weighted by atomic mass is 16.2. The van der Waals surface area contributed by atoms with E-state index < -0.39 is 0 Å². The van der Waals surface area contributed by atoms with Gasteiger partial charge in [0.15, 0.2) is 0 Å². The van der Waals surface area contributed by atoms with Crippen molar-refractivity contribution in [1.29, 1.82) is 0 Å². The van der Waals surface area contributed by atoms with Crippen molar-refractivity contribution in [3.8, 4) is 0 Å². The molecule has 0 bridgehead atoms. The quantitative estimate of drug-likeness (QED) is 0.693. The lowest BCUT2D eigenvalue weighted by Crippen LogP contribution is -2.61. The highest BCUT2D eigenvalue weighted by Crippen LogP contribution is 2.29. The molecule has 3 nitrogen and oxygen atoms in total. The molecule has 0 aromatic rings. The maximum Gasteiger partial charge on any atom is 0.223 e. The third kappa shape index (κ3) is 2.02. The summed E-state index contributed by atoms with van der Waals surface area (Å²) in [5.41, 5.74) is 0. The van der Waals surface area contributed by atoms with Crippen molar-refractivity contribution >= 4 is 5.91 Å². The molecule has 1 amide bonds. The van der Waals surface area contributed by atoms with Crippen LogP contribution in [-0.4, -0.2) is 36.0 Å². The smallest absolute Gasteiger partial charge is 0.223 e. The number of nitrogens with one attached hydrogen (secondary N) is 1. The van der Waals surface area contributed by atoms with Gasteiger partial charge in [-0.3, -0.25) is 9.69 Å². The molecule has 1 aliphatic heterocycles. The maximum absolute atomic E-state index is 11.4. The molecule has 2 fully saturated rings. The summed E-state index contributed by atoms with van der Waals surface area (Å²) in [6, 6.07) is 1.05. The highest BCUT2D eigenvalue weighted by Gasteiger charge is 2.35. The molecule has 0 spiro atoms. The van der Waals surface area contributed by atoms with Gasteiger partial charge in [-0.2, -0.15) is 0 Å². The Labute approximate surface area is 79.5 Å². The predicted molar refractivity (Wildman–Crippen MR) is 51.4 cm³/mol. The average molecular weight is 182 g/mol. The summed E-state index contributed by atoms with van der Waals surface area (Å²) in [6.07, 6.45) is 2.21. The fourth-order valence-corrected chi connectivity index (χ4v) is 1.69. The van der Waals surface area contributed by atoms with Crippen LogP contribution in [0.2, 0.25) is 0 Å². The first-order valence-corrected chi connectivity index (χ1v) is 5.21. The van der Waals surface area contributed by atoms with Gasteiger partial charge in [0.2, 0.25) is 5.91 Å². The summed E-state index contributed by atoms with van der Waals surface area (Å²) in [5, 5.41) is 3.08. The normalized spacial score (nSPS) is 24.5. The van der Waals surface area contributed by atoms with Crippen molar-refractivity contribution in [2.45, 2.75) is 38.8 Å². The molecule has 2 aliphatic rings. The van der Waals surface area contributed by atoms with E-state index in [-0.39, 0.29) is 5.91 Å². The third-order valence-electron chi connectivity index (χ3n) is 2.93. The summed E-state index contributed by atoms with van der Waals surface area (Å²) in [4.78, 5) is 13.7. The summed E-state index contributed by atoms with van der Waals surface area (Å²) in [7, 11) is 0. The standard InChI is InChI=1S/C10H18N2O/c1-7(2)12-5-9(6-12)11-10(13)8-3-4-8/h7-9H,3-6H2,1-2H3,(H,11,13). The van der Waals surface area contributed by atoms with E-state index in [4.69, 9.17) is 0 Å². The Kier molecular flexibility index (Phi) is 2.28. The molecule has 2 rings (SSSR count). The van der Waals surface area contributed by atoms with Crippen molar-refractivity contribution in [3.63, 3.8) is 0 Å². The van der Waals surface area contributed by atoms with Gasteiger partial charge < -0.3 is 5.32 Å². The van der Waals surface area contributed by atoms with E-state index in [0.717, 1.165) is 25.9 Å². The number of amides is 1. The molecule has 74 valence electrons. The second-order valence-corrected chi connectivity index (χ2v) is 4.53. The van der Waals surface area contributed by atoms with Crippen LogP contribution in [0.15, 0.2) is 0 Å². The van der Waals surface area contributed by atoms with E-state index in [2.05, 4.69) is 24.1 Å². The summed E-state index contributed by atoms with van der Waals surface area (Å²) in [5.74, 6) is 0.640. The van der Waals surface area contributed by atoms with Crippen LogP contribution in [0.1, 0.15) is 26.7 Å². The number of hydrogen-bond acceptors (Lipinski definition) is 2. The highest BCUT2D eigenvalue weighted by molar-refractivity contribution is 5.81. The molecule has 0 aromatic heterocycles. The Morgan fingerprint density at radius 3 is 2.46 bits per heavy atom. The predicted octanol–water partition coefficient (Wildman–Crippen LogP) is 0.605. The van der Waals surface area contributed by atoms with Gasteiger partial charge >= 0.3 is 0 Å². The molecule has 1 saturated heterocycles. The van der Waals surface area contributed by atoms with Crippen molar-refractivity contribution in [1.82, 2.24) is 10.2 Å². The van der Waals surface area contributed by atoms with Crippen LogP contribution in [0.3, 0.4) is 0 Å². The van der Waals surface area contributed by atoms with Gasteiger partial charge in [0.05, 0.1) is 6.04 Å². The average Bonchev–Trinajstić information content (AvgIpc) is 2.75. The zero-order valence-corrected chi connectivity index (χ0v) is 8.42. The van der Waals surface area contributed by atoms with Gasteiger partial charge in [0.25, 0.3) is 0 Å². The van der Waals surface area contributed by atoms with Crippen molar-refractivity contribution in [3.05, 3.63) is 0 Å². The zero-order chi connectivity index (χ0) is 9.42. The van der Waals surface area contributed by atoms with E-state index in [1.165, 1.54) is 0 Å². The minimum absolute atomic E-state index is 0.286. The molecule has 13 heavy (non-hydrogen) atoms. The van der Waals surface area contributed by atoms with Crippen LogP contribution >= 0.6 is 0 Å². The number of carbonyl (C=O) groups is 1. The van der Waals surface area contributed by atoms with E-state index in [1.54, 1.807) is 0 Å². The van der Waals surface area contributed by atoms with E-state index in [1.807, 2.05) is 0 Å². The fraction of sp³-hybridized carbons (Fsp3) is 0.900. The van der Waals surface area contributed by atoms with Crippen molar-refractivity contribution in [2.75, 3.05) is 13.1 Å². The van der Waals surface area contributed by atoms with Gasteiger partial charge in [-0.05, 0) is 26.7 Å². The molecule has 1 saturated carbocycles. The molecular weight excluding hydrogens is 164 g/mol. The Morgan fingerprint density at radius 1 is 1.38 bits per heavy atom. The number of hydrogen-bond donors (Lipinski definition) is 1. The van der Waals surface area contributed by atoms with Crippen LogP contribution in [0.25, 0.3) is 0 Å². The number of carbonyl (C=O) groups excluding carboxylic acids is 1.